The second-order valence-electron chi connectivity index (χ2n) is 9.98. The van der Waals surface area contributed by atoms with Crippen molar-refractivity contribution in [2.45, 2.75) is 45.6 Å². The van der Waals surface area contributed by atoms with Gasteiger partial charge in [0.25, 0.3) is 5.89 Å². The molecule has 2 amide bonds. The van der Waals surface area contributed by atoms with Gasteiger partial charge in [0.05, 0.1) is 37.0 Å². The lowest BCUT2D eigenvalue weighted by molar-refractivity contribution is -0.139. The molecule has 1 N–H and O–H groups in total. The fraction of sp³-hybridized carbons (Fsp3) is 0.556. The number of aromatic nitrogens is 1. The van der Waals surface area contributed by atoms with Gasteiger partial charge < -0.3 is 19.4 Å². The molecular weight excluding hydrogens is 510 g/mol. The quantitative estimate of drug-likeness (QED) is 0.356. The number of aryl methyl sites for hydroxylation is 1. The Morgan fingerprint density at radius 2 is 1.79 bits per heavy atom. The molecule has 0 saturated carbocycles. The highest BCUT2D eigenvalue weighted by atomic mass is 32.2. The van der Waals surface area contributed by atoms with Crippen molar-refractivity contribution in [3.63, 3.8) is 0 Å². The lowest BCUT2D eigenvalue weighted by atomic mass is 9.97. The van der Waals surface area contributed by atoms with Crippen molar-refractivity contribution in [2.75, 3.05) is 37.8 Å². The minimum absolute atomic E-state index is 0.00109. The van der Waals surface area contributed by atoms with Crippen LogP contribution in [0.15, 0.2) is 47.2 Å². The summed E-state index contributed by atoms with van der Waals surface area (Å²) in [4.78, 5) is 45.2. The summed E-state index contributed by atoms with van der Waals surface area (Å²) >= 11 is 0. The van der Waals surface area contributed by atoms with E-state index in [0.29, 0.717) is 32.7 Å². The normalized spacial score (nSPS) is 15.7. The van der Waals surface area contributed by atoms with E-state index >= 15 is 0 Å². The van der Waals surface area contributed by atoms with Gasteiger partial charge in [-0.25, -0.2) is 13.4 Å². The number of Topliss-reactive ketones (excluding diaryl/α,β-unsaturated/α-hetero) is 1. The van der Waals surface area contributed by atoms with Crippen LogP contribution in [0.25, 0.3) is 0 Å². The van der Waals surface area contributed by atoms with E-state index in [0.717, 1.165) is 5.56 Å². The van der Waals surface area contributed by atoms with Crippen LogP contribution in [-0.2, 0) is 30.6 Å². The predicted molar refractivity (Wildman–Crippen MR) is 141 cm³/mol. The van der Waals surface area contributed by atoms with Crippen molar-refractivity contribution in [2.24, 2.45) is 11.8 Å². The molecule has 1 aliphatic rings. The Labute approximate surface area is 224 Å². The zero-order chi connectivity index (χ0) is 27.5. The maximum atomic E-state index is 13.5. The van der Waals surface area contributed by atoms with Crippen LogP contribution in [0.1, 0.15) is 49.4 Å². The molecule has 3 rings (SSSR count). The molecule has 2 atom stereocenters. The molecule has 1 aromatic heterocycles. The third-order valence-electron chi connectivity index (χ3n) is 6.36. The molecule has 1 aromatic carbocycles. The van der Waals surface area contributed by atoms with Gasteiger partial charge in [-0.15, -0.1) is 0 Å². The number of amides is 2. The van der Waals surface area contributed by atoms with E-state index in [1.54, 1.807) is 4.90 Å². The molecule has 38 heavy (non-hydrogen) atoms. The SMILES string of the molecule is CC(C)CS(=O)(=O)CCC(CC(=O)N1CCOCC1)C(=O)N[C@@H](CCc1ccccc1)C(=O)c1ncco1. The second-order valence-corrected chi connectivity index (χ2v) is 12.2. The van der Waals surface area contributed by atoms with Gasteiger partial charge in [0.2, 0.25) is 17.6 Å². The maximum absolute atomic E-state index is 13.5. The lowest BCUT2D eigenvalue weighted by Gasteiger charge is -2.29. The Balaban J connectivity index is 1.76. The first kappa shape index (κ1) is 29.5. The smallest absolute Gasteiger partial charge is 0.265 e. The van der Waals surface area contributed by atoms with Crippen LogP contribution in [0.3, 0.4) is 0 Å². The van der Waals surface area contributed by atoms with Gasteiger partial charge in [-0.2, -0.15) is 0 Å². The fourth-order valence-corrected chi connectivity index (χ4v) is 6.23. The molecule has 1 saturated heterocycles. The number of hydrogen-bond acceptors (Lipinski definition) is 8. The molecule has 0 radical (unpaired) electrons. The number of sulfone groups is 1. The summed E-state index contributed by atoms with van der Waals surface area (Å²) < 4.78 is 35.6. The average molecular weight is 548 g/mol. The first-order valence-corrected chi connectivity index (χ1v) is 14.8. The van der Waals surface area contributed by atoms with E-state index in [-0.39, 0.29) is 48.5 Å². The fourth-order valence-electron chi connectivity index (χ4n) is 4.40. The number of carbonyl (C=O) groups is 3. The standard InChI is InChI=1S/C27H37N3O7S/c1-20(2)19-38(34,35)17-10-22(18-24(31)30-12-15-36-16-13-30)26(33)29-23(25(32)27-28-11-14-37-27)9-8-21-6-4-3-5-7-21/h3-7,11,14,20,22-23H,8-10,12-13,15-19H2,1-2H3,(H,29,33)/t22?,23-/m0/s1. The summed E-state index contributed by atoms with van der Waals surface area (Å²) in [6, 6.07) is 8.59. The summed E-state index contributed by atoms with van der Waals surface area (Å²) in [7, 11) is -3.41. The Kier molecular flexibility index (Phi) is 11.0. The topological polar surface area (TPSA) is 136 Å². The van der Waals surface area contributed by atoms with E-state index in [9.17, 15) is 22.8 Å². The van der Waals surface area contributed by atoms with Gasteiger partial charge >= 0.3 is 0 Å². The summed E-state index contributed by atoms with van der Waals surface area (Å²) in [5.74, 6) is -2.57. The molecule has 208 valence electrons. The average Bonchev–Trinajstić information content (AvgIpc) is 3.44. The summed E-state index contributed by atoms with van der Waals surface area (Å²) in [6.07, 6.45) is 3.27. The highest BCUT2D eigenvalue weighted by Crippen LogP contribution is 2.17. The molecule has 1 unspecified atom stereocenters. The van der Waals surface area contributed by atoms with Crippen LogP contribution in [0.5, 0.6) is 0 Å². The van der Waals surface area contributed by atoms with Crippen LogP contribution in [-0.4, -0.2) is 79.8 Å². The molecule has 2 aromatic rings. The van der Waals surface area contributed by atoms with Crippen molar-refractivity contribution in [3.05, 3.63) is 54.2 Å². The van der Waals surface area contributed by atoms with E-state index < -0.39 is 33.5 Å². The zero-order valence-electron chi connectivity index (χ0n) is 22.0. The predicted octanol–water partition coefficient (Wildman–Crippen LogP) is 2.30. The summed E-state index contributed by atoms with van der Waals surface area (Å²) in [6.45, 7) is 5.29. The van der Waals surface area contributed by atoms with Crippen LogP contribution in [0.4, 0.5) is 0 Å². The monoisotopic (exact) mass is 547 g/mol. The second kappa shape index (κ2) is 14.2. The Bertz CT molecular complexity index is 1140. The largest absolute Gasteiger partial charge is 0.442 e. The molecule has 1 aliphatic heterocycles. The minimum Gasteiger partial charge on any atom is -0.442 e. The van der Waals surface area contributed by atoms with Gasteiger partial charge in [-0.05, 0) is 30.7 Å². The third kappa shape index (κ3) is 9.36. The van der Waals surface area contributed by atoms with Crippen LogP contribution in [0, 0.1) is 11.8 Å². The number of nitrogens with one attached hydrogen (secondary N) is 1. The zero-order valence-corrected chi connectivity index (χ0v) is 22.8. The van der Waals surface area contributed by atoms with Gasteiger partial charge in [0.15, 0.2) is 9.84 Å². The first-order chi connectivity index (χ1) is 18.1. The van der Waals surface area contributed by atoms with Crippen molar-refractivity contribution in [1.29, 1.82) is 0 Å². The number of morpholine rings is 1. The number of carbonyl (C=O) groups excluding carboxylic acids is 3. The lowest BCUT2D eigenvalue weighted by Crippen LogP contribution is -2.47. The van der Waals surface area contributed by atoms with E-state index in [1.165, 1.54) is 12.5 Å². The highest BCUT2D eigenvalue weighted by molar-refractivity contribution is 7.91. The number of rotatable bonds is 14. The molecule has 10 nitrogen and oxygen atoms in total. The van der Waals surface area contributed by atoms with Crippen LogP contribution in [0.2, 0.25) is 0 Å². The third-order valence-corrected chi connectivity index (χ3v) is 8.39. The first-order valence-electron chi connectivity index (χ1n) is 13.0. The number of nitrogens with zero attached hydrogens (tertiary/aromatic N) is 2. The van der Waals surface area contributed by atoms with Crippen molar-refractivity contribution < 1.29 is 32.0 Å². The van der Waals surface area contributed by atoms with Crippen LogP contribution >= 0.6 is 0 Å². The van der Waals surface area contributed by atoms with Gasteiger partial charge in [0.1, 0.15) is 6.26 Å². The molecule has 1 fully saturated rings. The van der Waals surface area contributed by atoms with Crippen molar-refractivity contribution >= 4 is 27.4 Å². The Morgan fingerprint density at radius 3 is 2.42 bits per heavy atom. The number of hydrogen-bond donors (Lipinski definition) is 1. The van der Waals surface area contributed by atoms with Gasteiger partial charge in [-0.3, -0.25) is 14.4 Å². The number of ketones is 1. The Morgan fingerprint density at radius 1 is 1.08 bits per heavy atom. The van der Waals surface area contributed by atoms with E-state index in [1.807, 2.05) is 44.2 Å². The highest BCUT2D eigenvalue weighted by Gasteiger charge is 2.32. The molecule has 0 spiro atoms. The molecule has 0 aliphatic carbocycles. The summed E-state index contributed by atoms with van der Waals surface area (Å²) in [5, 5.41) is 2.78. The minimum atomic E-state index is -3.41. The van der Waals surface area contributed by atoms with Gasteiger partial charge in [0, 0.05) is 25.4 Å². The van der Waals surface area contributed by atoms with E-state index in [2.05, 4.69) is 10.3 Å². The summed E-state index contributed by atoms with van der Waals surface area (Å²) in [5.41, 5.74) is 0.991. The van der Waals surface area contributed by atoms with Crippen molar-refractivity contribution in [3.8, 4) is 0 Å². The molecule has 11 heteroatoms. The molecule has 0 bridgehead atoms. The number of oxazole rings is 1. The van der Waals surface area contributed by atoms with E-state index in [4.69, 9.17) is 9.15 Å². The van der Waals surface area contributed by atoms with Crippen molar-refractivity contribution in [1.82, 2.24) is 15.2 Å². The Hall–Kier alpha value is -3.05. The molecule has 2 heterocycles. The number of ether oxygens (including phenoxy) is 1. The molecular formula is C27H37N3O7S. The number of benzene rings is 1. The van der Waals surface area contributed by atoms with Crippen LogP contribution < -0.4 is 5.32 Å². The van der Waals surface area contributed by atoms with Gasteiger partial charge in [-0.1, -0.05) is 44.2 Å². The maximum Gasteiger partial charge on any atom is 0.265 e.